The second-order valence-electron chi connectivity index (χ2n) is 4.94. The van der Waals surface area contributed by atoms with Gasteiger partial charge in [0.2, 0.25) is 5.95 Å². The van der Waals surface area contributed by atoms with Gasteiger partial charge in [-0.15, -0.1) is 0 Å². The van der Waals surface area contributed by atoms with Crippen LogP contribution in [-0.2, 0) is 0 Å². The monoisotopic (exact) mass is 300 g/mol. The van der Waals surface area contributed by atoms with Gasteiger partial charge in [-0.25, -0.2) is 9.97 Å². The number of carbonyl (C=O) groups excluding carboxylic acids is 1. The molecule has 1 aromatic heterocycles. The number of amides is 1. The van der Waals surface area contributed by atoms with Crippen LogP contribution in [0, 0.1) is 0 Å². The lowest BCUT2D eigenvalue weighted by Crippen LogP contribution is -2.37. The molecule has 0 bridgehead atoms. The Balaban J connectivity index is 1.98. The van der Waals surface area contributed by atoms with Crippen LogP contribution in [0.25, 0.3) is 0 Å². The maximum absolute atomic E-state index is 12.1. The molecule has 0 unspecified atom stereocenters. The number of nitrogens with zero attached hydrogens (tertiary/aromatic N) is 2. The first kappa shape index (κ1) is 15.9. The molecule has 22 heavy (non-hydrogen) atoms. The maximum Gasteiger partial charge on any atom is 0.254 e. The van der Waals surface area contributed by atoms with Crippen LogP contribution in [0.2, 0.25) is 0 Å². The molecule has 0 aliphatic heterocycles. The number of hydrogen-bond donors (Lipinski definition) is 3. The van der Waals surface area contributed by atoms with E-state index in [-0.39, 0.29) is 5.91 Å². The summed E-state index contributed by atoms with van der Waals surface area (Å²) < 4.78 is 0. The lowest BCUT2D eigenvalue weighted by atomic mass is 10.0. The predicted molar refractivity (Wildman–Crippen MR) is 84.5 cm³/mol. The first-order valence-electron chi connectivity index (χ1n) is 7.21. The molecule has 2 atom stereocenters. The van der Waals surface area contributed by atoms with Gasteiger partial charge in [-0.05, 0) is 19.4 Å². The van der Waals surface area contributed by atoms with Gasteiger partial charge in [0.15, 0.2) is 0 Å². The van der Waals surface area contributed by atoms with E-state index in [2.05, 4.69) is 20.6 Å². The van der Waals surface area contributed by atoms with Crippen LogP contribution < -0.4 is 10.6 Å². The van der Waals surface area contributed by atoms with Crippen LogP contribution in [-0.4, -0.2) is 33.6 Å². The summed E-state index contributed by atoms with van der Waals surface area (Å²) in [5.74, 6) is 0.168. The molecule has 116 valence electrons. The highest BCUT2D eigenvalue weighted by Gasteiger charge is 2.19. The maximum atomic E-state index is 12.1. The molecule has 1 aromatic carbocycles. The highest BCUT2D eigenvalue weighted by Crippen LogP contribution is 2.16. The Hall–Kier alpha value is -2.47. The fourth-order valence-electron chi connectivity index (χ4n) is 2.00. The molecular formula is C16H20N4O2. The van der Waals surface area contributed by atoms with Crippen molar-refractivity contribution in [3.05, 3.63) is 53.9 Å². The molecule has 0 aliphatic carbocycles. The van der Waals surface area contributed by atoms with Crippen molar-refractivity contribution in [3.8, 4) is 0 Å². The van der Waals surface area contributed by atoms with Crippen molar-refractivity contribution in [2.24, 2.45) is 0 Å². The molecule has 0 aliphatic rings. The van der Waals surface area contributed by atoms with E-state index in [9.17, 15) is 9.90 Å². The van der Waals surface area contributed by atoms with Crippen LogP contribution in [0.4, 0.5) is 5.95 Å². The Labute approximate surface area is 129 Å². The number of aliphatic hydroxyl groups excluding tert-OH is 1. The largest absolute Gasteiger partial charge is 0.386 e. The van der Waals surface area contributed by atoms with Crippen molar-refractivity contribution in [1.82, 2.24) is 15.3 Å². The van der Waals surface area contributed by atoms with Crippen LogP contribution in [0.3, 0.4) is 0 Å². The van der Waals surface area contributed by atoms with E-state index < -0.39 is 12.1 Å². The average Bonchev–Trinajstić information content (AvgIpc) is 2.55. The van der Waals surface area contributed by atoms with Crippen molar-refractivity contribution in [1.29, 1.82) is 0 Å². The van der Waals surface area contributed by atoms with E-state index in [1.165, 1.54) is 12.4 Å². The third-order valence-corrected chi connectivity index (χ3v) is 3.22. The Morgan fingerprint density at radius 1 is 1.23 bits per heavy atom. The normalized spacial score (nSPS) is 13.2. The number of carbonyl (C=O) groups is 1. The number of hydrogen-bond acceptors (Lipinski definition) is 5. The van der Waals surface area contributed by atoms with Crippen molar-refractivity contribution in [2.45, 2.75) is 26.0 Å². The fourth-order valence-corrected chi connectivity index (χ4v) is 2.00. The molecule has 6 heteroatoms. The molecule has 0 saturated carbocycles. The Kier molecular flexibility index (Phi) is 5.43. The summed E-state index contributed by atoms with van der Waals surface area (Å²) in [5, 5.41) is 16.0. The topological polar surface area (TPSA) is 87.1 Å². The third kappa shape index (κ3) is 4.02. The van der Waals surface area contributed by atoms with Crippen LogP contribution in [0.5, 0.6) is 0 Å². The minimum Gasteiger partial charge on any atom is -0.386 e. The predicted octanol–water partition coefficient (Wildman–Crippen LogP) is 1.76. The van der Waals surface area contributed by atoms with Gasteiger partial charge in [-0.3, -0.25) is 4.79 Å². The molecule has 0 spiro atoms. The van der Waals surface area contributed by atoms with E-state index >= 15 is 0 Å². The zero-order valence-corrected chi connectivity index (χ0v) is 12.7. The van der Waals surface area contributed by atoms with E-state index in [1.54, 1.807) is 6.92 Å². The van der Waals surface area contributed by atoms with Crippen LogP contribution >= 0.6 is 0 Å². The van der Waals surface area contributed by atoms with E-state index in [0.29, 0.717) is 18.1 Å². The van der Waals surface area contributed by atoms with Gasteiger partial charge in [-0.1, -0.05) is 30.3 Å². The number of anilines is 1. The third-order valence-electron chi connectivity index (χ3n) is 3.22. The second-order valence-corrected chi connectivity index (χ2v) is 4.94. The van der Waals surface area contributed by atoms with Gasteiger partial charge in [0.25, 0.3) is 5.91 Å². The molecule has 0 radical (unpaired) electrons. The quantitative estimate of drug-likeness (QED) is 0.756. The molecule has 0 saturated heterocycles. The SMILES string of the molecule is CCNc1ncc(C(=O)N[C@@H](C)[C@H](O)c2ccccc2)cn1. The summed E-state index contributed by atoms with van der Waals surface area (Å²) in [6.45, 7) is 4.41. The Morgan fingerprint density at radius 2 is 1.86 bits per heavy atom. The molecule has 1 amide bonds. The van der Waals surface area contributed by atoms with E-state index in [1.807, 2.05) is 37.3 Å². The van der Waals surface area contributed by atoms with Gasteiger partial charge >= 0.3 is 0 Å². The van der Waals surface area contributed by atoms with Gasteiger partial charge < -0.3 is 15.7 Å². The van der Waals surface area contributed by atoms with Crippen molar-refractivity contribution in [3.63, 3.8) is 0 Å². The second kappa shape index (κ2) is 7.51. The first-order chi connectivity index (χ1) is 10.6. The molecule has 6 nitrogen and oxygen atoms in total. The minimum absolute atomic E-state index is 0.314. The van der Waals surface area contributed by atoms with Crippen LogP contribution in [0.15, 0.2) is 42.7 Å². The number of aromatic nitrogens is 2. The van der Waals surface area contributed by atoms with Crippen molar-refractivity contribution >= 4 is 11.9 Å². The molecular weight excluding hydrogens is 280 g/mol. The summed E-state index contributed by atoms with van der Waals surface area (Å²) in [5.41, 5.74) is 1.11. The van der Waals surface area contributed by atoms with Crippen LogP contribution in [0.1, 0.15) is 35.9 Å². The minimum atomic E-state index is -0.771. The molecule has 1 heterocycles. The lowest BCUT2D eigenvalue weighted by Gasteiger charge is -2.20. The zero-order valence-electron chi connectivity index (χ0n) is 12.7. The smallest absolute Gasteiger partial charge is 0.254 e. The number of benzene rings is 1. The Morgan fingerprint density at radius 3 is 2.45 bits per heavy atom. The zero-order chi connectivity index (χ0) is 15.9. The number of rotatable bonds is 6. The van der Waals surface area contributed by atoms with E-state index in [4.69, 9.17) is 0 Å². The van der Waals surface area contributed by atoms with Gasteiger partial charge in [0, 0.05) is 18.9 Å². The summed E-state index contributed by atoms with van der Waals surface area (Å²) in [7, 11) is 0. The molecule has 2 rings (SSSR count). The fraction of sp³-hybridized carbons (Fsp3) is 0.312. The van der Waals surface area contributed by atoms with Gasteiger partial charge in [0.05, 0.1) is 17.7 Å². The lowest BCUT2D eigenvalue weighted by molar-refractivity contribution is 0.0851. The number of nitrogens with one attached hydrogen (secondary N) is 2. The molecule has 0 fully saturated rings. The highest BCUT2D eigenvalue weighted by molar-refractivity contribution is 5.93. The Bertz CT molecular complexity index is 601. The summed E-state index contributed by atoms with van der Waals surface area (Å²) in [6, 6.07) is 8.79. The summed E-state index contributed by atoms with van der Waals surface area (Å²) in [6.07, 6.45) is 2.15. The highest BCUT2D eigenvalue weighted by atomic mass is 16.3. The summed E-state index contributed by atoms with van der Waals surface area (Å²) >= 11 is 0. The van der Waals surface area contributed by atoms with E-state index in [0.717, 1.165) is 5.56 Å². The first-order valence-corrected chi connectivity index (χ1v) is 7.21. The van der Waals surface area contributed by atoms with Crippen molar-refractivity contribution in [2.75, 3.05) is 11.9 Å². The average molecular weight is 300 g/mol. The molecule has 3 N–H and O–H groups in total. The summed E-state index contributed by atoms with van der Waals surface area (Å²) in [4.78, 5) is 20.2. The molecule has 2 aromatic rings. The van der Waals surface area contributed by atoms with Crippen molar-refractivity contribution < 1.29 is 9.90 Å². The number of aliphatic hydroxyl groups is 1. The standard InChI is InChI=1S/C16H20N4O2/c1-3-17-16-18-9-13(10-19-16)15(22)20-11(2)14(21)12-7-5-4-6-8-12/h4-11,14,21H,3H2,1-2H3,(H,20,22)(H,17,18,19)/t11-,14-/m0/s1. The van der Waals surface area contributed by atoms with Gasteiger partial charge in [-0.2, -0.15) is 0 Å². The van der Waals surface area contributed by atoms with Gasteiger partial charge in [0.1, 0.15) is 0 Å².